The van der Waals surface area contributed by atoms with Gasteiger partial charge in [-0.05, 0) is 50.2 Å². The van der Waals surface area contributed by atoms with Crippen LogP contribution >= 0.6 is 23.2 Å². The van der Waals surface area contributed by atoms with Gasteiger partial charge < -0.3 is 9.80 Å². The van der Waals surface area contributed by atoms with Gasteiger partial charge in [0.15, 0.2) is 17.2 Å². The summed E-state index contributed by atoms with van der Waals surface area (Å²) in [5.41, 5.74) is -4.40. The molecule has 2 aromatic carbocycles. The zero-order valence-electron chi connectivity index (χ0n) is 31.6. The highest BCUT2D eigenvalue weighted by Gasteiger charge is 2.43. The van der Waals surface area contributed by atoms with Crippen molar-refractivity contribution in [2.45, 2.75) is 63.7 Å². The van der Waals surface area contributed by atoms with Crippen LogP contribution in [0.5, 0.6) is 0 Å². The molecule has 0 spiro atoms. The number of halogens is 14. The number of anilines is 2. The summed E-state index contributed by atoms with van der Waals surface area (Å²) in [4.78, 5) is 21.6. The number of aromatic nitrogens is 4. The molecule has 4 aromatic rings. The maximum absolute atomic E-state index is 15.1. The van der Waals surface area contributed by atoms with Crippen molar-refractivity contribution in [3.8, 4) is 0 Å². The van der Waals surface area contributed by atoms with Gasteiger partial charge in [0.2, 0.25) is 0 Å². The van der Waals surface area contributed by atoms with E-state index < -0.39 is 88.2 Å². The number of carbonyl (C=O) groups is 1. The fourth-order valence-electron chi connectivity index (χ4n) is 7.43. The van der Waals surface area contributed by atoms with Crippen LogP contribution in [0.15, 0.2) is 48.5 Å². The van der Waals surface area contributed by atoms with E-state index in [0.29, 0.717) is 0 Å². The standard InChI is InChI=1S/C37H36Cl2F12N8O/c1-21-29(38)32(36(46,47)48)52-58(21)19-27(56-13-9-54(10-14-56)25-7-3-5-23(17-25)34(40,41)42)31(60)28(20-59-22(2)30(39)33(53-59)37(49,50)51)57-15-11-55(12-16-57)26-8-4-6-24(18-26)35(43,44)45/h3-8,17-18,27-28H,9-16,19-20H2,1-2H3. The minimum absolute atomic E-state index is 0.00766. The Morgan fingerprint density at radius 1 is 0.567 bits per heavy atom. The molecule has 9 nitrogen and oxygen atoms in total. The average molecular weight is 908 g/mol. The molecule has 4 heterocycles. The van der Waals surface area contributed by atoms with Crippen LogP contribution in [0.2, 0.25) is 10.0 Å². The van der Waals surface area contributed by atoms with Crippen LogP contribution in [-0.4, -0.2) is 99.6 Å². The second-order valence-electron chi connectivity index (χ2n) is 14.4. The van der Waals surface area contributed by atoms with Gasteiger partial charge in [0, 0.05) is 63.7 Å². The number of piperazine rings is 2. The first kappa shape index (κ1) is 45.3. The van der Waals surface area contributed by atoms with Gasteiger partial charge in [0.1, 0.15) is 0 Å². The molecule has 2 aliphatic rings. The van der Waals surface area contributed by atoms with Crippen molar-refractivity contribution in [3.63, 3.8) is 0 Å². The molecule has 2 fully saturated rings. The second-order valence-corrected chi connectivity index (χ2v) is 15.2. The van der Waals surface area contributed by atoms with E-state index in [-0.39, 0.29) is 75.1 Å². The first-order valence-electron chi connectivity index (χ1n) is 18.3. The lowest BCUT2D eigenvalue weighted by molar-refractivity contribution is -0.142. The van der Waals surface area contributed by atoms with E-state index in [4.69, 9.17) is 23.2 Å². The van der Waals surface area contributed by atoms with Crippen molar-refractivity contribution in [2.75, 3.05) is 62.2 Å². The van der Waals surface area contributed by atoms with Gasteiger partial charge >= 0.3 is 24.7 Å². The minimum atomic E-state index is -4.97. The molecule has 2 saturated heterocycles. The summed E-state index contributed by atoms with van der Waals surface area (Å²) in [5.74, 6) is -0.672. The highest BCUT2D eigenvalue weighted by molar-refractivity contribution is 6.32. The lowest BCUT2D eigenvalue weighted by Gasteiger charge is -2.43. The van der Waals surface area contributed by atoms with Crippen LogP contribution in [-0.2, 0) is 42.6 Å². The normalized spacial score (nSPS) is 17.7. The van der Waals surface area contributed by atoms with Crippen molar-refractivity contribution in [3.05, 3.63) is 92.5 Å². The molecule has 2 atom stereocenters. The van der Waals surface area contributed by atoms with E-state index in [1.54, 1.807) is 19.6 Å². The molecule has 2 aliphatic heterocycles. The van der Waals surface area contributed by atoms with Gasteiger partial charge in [-0.25, -0.2) is 0 Å². The molecule has 23 heteroatoms. The van der Waals surface area contributed by atoms with Crippen molar-refractivity contribution >= 4 is 40.4 Å². The summed E-state index contributed by atoms with van der Waals surface area (Å²) in [6, 6.07) is 6.52. The molecule has 0 bridgehead atoms. The molecular weight excluding hydrogens is 871 g/mol. The largest absolute Gasteiger partial charge is 0.436 e. The average Bonchev–Trinajstić information content (AvgIpc) is 3.64. The first-order valence-corrected chi connectivity index (χ1v) is 19.1. The van der Waals surface area contributed by atoms with E-state index in [0.717, 1.165) is 33.6 Å². The third-order valence-corrected chi connectivity index (χ3v) is 11.6. The van der Waals surface area contributed by atoms with Crippen LogP contribution in [0.1, 0.15) is 33.9 Å². The summed E-state index contributed by atoms with van der Waals surface area (Å²) in [6.07, 6.45) is -19.2. The maximum Gasteiger partial charge on any atom is 0.436 e. The third-order valence-electron chi connectivity index (χ3n) is 10.7. The summed E-state index contributed by atoms with van der Waals surface area (Å²) < 4.78 is 167. The lowest BCUT2D eigenvalue weighted by atomic mass is 9.99. The predicted octanol–water partition coefficient (Wildman–Crippen LogP) is 8.73. The SMILES string of the molecule is Cc1c(Cl)c(C(F)(F)F)nn1CC(C(=O)C(Cn1nc(C(F)(F)F)c(Cl)c1C)N1CCN(c2cccc(C(F)(F)F)c2)CC1)N1CCN(c2cccc(C(F)(F)F)c2)CC1. The molecule has 6 rings (SSSR count). The number of hydrogen-bond donors (Lipinski definition) is 0. The number of ketones is 1. The zero-order valence-corrected chi connectivity index (χ0v) is 33.1. The number of Topliss-reactive ketones (excluding diaryl/α,β-unsaturated/α-hetero) is 1. The zero-order chi connectivity index (χ0) is 44.1. The molecule has 0 radical (unpaired) electrons. The highest BCUT2D eigenvalue weighted by atomic mass is 35.5. The number of alkyl halides is 12. The Kier molecular flexibility index (Phi) is 12.8. The topological polar surface area (TPSA) is 65.7 Å². The van der Waals surface area contributed by atoms with Crippen LogP contribution in [0.3, 0.4) is 0 Å². The number of benzene rings is 2. The molecular formula is C37H36Cl2F12N8O. The molecule has 0 N–H and O–H groups in total. The van der Waals surface area contributed by atoms with Gasteiger partial charge in [0.25, 0.3) is 0 Å². The van der Waals surface area contributed by atoms with Crippen LogP contribution in [0, 0.1) is 13.8 Å². The molecule has 2 aromatic heterocycles. The van der Waals surface area contributed by atoms with Crippen molar-refractivity contribution in [1.29, 1.82) is 0 Å². The van der Waals surface area contributed by atoms with Gasteiger partial charge in [-0.3, -0.25) is 24.0 Å². The Hall–Kier alpha value is -4.21. The van der Waals surface area contributed by atoms with Gasteiger partial charge in [-0.1, -0.05) is 35.3 Å². The molecule has 60 heavy (non-hydrogen) atoms. The second kappa shape index (κ2) is 16.9. The van der Waals surface area contributed by atoms with Gasteiger partial charge in [-0.15, -0.1) is 0 Å². The van der Waals surface area contributed by atoms with Gasteiger partial charge in [0.05, 0.1) is 57.7 Å². The fourth-order valence-corrected chi connectivity index (χ4v) is 7.91. The predicted molar refractivity (Wildman–Crippen MR) is 197 cm³/mol. The molecule has 2 unspecified atom stereocenters. The summed E-state index contributed by atoms with van der Waals surface area (Å²) in [6.45, 7) is 1.80. The Morgan fingerprint density at radius 2 is 0.900 bits per heavy atom. The molecule has 328 valence electrons. The molecule has 0 amide bonds. The minimum Gasteiger partial charge on any atom is -0.369 e. The first-order chi connectivity index (χ1) is 27.8. The fraction of sp³-hybridized carbons (Fsp3) is 0.486. The van der Waals surface area contributed by atoms with Crippen LogP contribution < -0.4 is 9.80 Å². The monoisotopic (exact) mass is 906 g/mol. The van der Waals surface area contributed by atoms with Crippen LogP contribution in [0.4, 0.5) is 64.1 Å². The Bertz CT molecular complexity index is 2020. The molecule has 0 aliphatic carbocycles. The van der Waals surface area contributed by atoms with E-state index in [2.05, 4.69) is 10.2 Å². The van der Waals surface area contributed by atoms with E-state index >= 15 is 4.79 Å². The summed E-state index contributed by atoms with van der Waals surface area (Å²) in [5, 5.41) is 5.92. The maximum atomic E-state index is 15.1. The van der Waals surface area contributed by atoms with E-state index in [1.807, 2.05) is 0 Å². The smallest absolute Gasteiger partial charge is 0.369 e. The molecule has 0 saturated carbocycles. The number of rotatable bonds is 10. The third kappa shape index (κ3) is 9.78. The number of carbonyl (C=O) groups excluding carboxylic acids is 1. The lowest BCUT2D eigenvalue weighted by Crippen LogP contribution is -2.61. The highest BCUT2D eigenvalue weighted by Crippen LogP contribution is 2.38. The Labute approximate surface area is 345 Å². The Morgan fingerprint density at radius 3 is 1.18 bits per heavy atom. The quantitative estimate of drug-likeness (QED) is 0.148. The van der Waals surface area contributed by atoms with Gasteiger partial charge in [-0.2, -0.15) is 62.9 Å². The summed E-state index contributed by atoms with van der Waals surface area (Å²) in [7, 11) is 0. The van der Waals surface area contributed by atoms with E-state index in [9.17, 15) is 52.7 Å². The van der Waals surface area contributed by atoms with Crippen molar-refractivity contribution in [1.82, 2.24) is 29.4 Å². The van der Waals surface area contributed by atoms with Crippen molar-refractivity contribution < 1.29 is 57.5 Å². The number of hydrogen-bond acceptors (Lipinski definition) is 7. The van der Waals surface area contributed by atoms with Crippen molar-refractivity contribution in [2.24, 2.45) is 0 Å². The Balaban J connectivity index is 1.35. The van der Waals surface area contributed by atoms with Crippen LogP contribution in [0.25, 0.3) is 0 Å². The van der Waals surface area contributed by atoms with E-state index in [1.165, 1.54) is 38.1 Å². The summed E-state index contributed by atoms with van der Waals surface area (Å²) >= 11 is 12.1. The number of nitrogens with zero attached hydrogens (tertiary/aromatic N) is 8.